The van der Waals surface area contributed by atoms with Crippen LogP contribution in [-0.4, -0.2) is 50.0 Å². The highest BCUT2D eigenvalue weighted by Gasteiger charge is 2.28. The van der Waals surface area contributed by atoms with Gasteiger partial charge in [-0.25, -0.2) is 13.5 Å². The van der Waals surface area contributed by atoms with Crippen molar-refractivity contribution in [2.24, 2.45) is 0 Å². The Hall–Kier alpha value is -3.39. The van der Waals surface area contributed by atoms with Crippen molar-refractivity contribution in [2.75, 3.05) is 13.1 Å². The Morgan fingerprint density at radius 3 is 2.64 bits per heavy atom. The predicted molar refractivity (Wildman–Crippen MR) is 122 cm³/mol. The summed E-state index contributed by atoms with van der Waals surface area (Å²) in [6, 6.07) is 14.3. The number of benzene rings is 2. The molecule has 2 aromatic heterocycles. The first-order chi connectivity index (χ1) is 15.9. The lowest BCUT2D eigenvalue weighted by Gasteiger charge is -2.15. The van der Waals surface area contributed by atoms with Crippen LogP contribution in [0.5, 0.6) is 0 Å². The van der Waals surface area contributed by atoms with Gasteiger partial charge in [0.05, 0.1) is 17.0 Å². The molecule has 5 rings (SSSR count). The predicted octanol–water partition coefficient (Wildman–Crippen LogP) is 4.83. The monoisotopic (exact) mass is 467 g/mol. The fourth-order valence-corrected chi connectivity index (χ4v) is 4.42. The van der Waals surface area contributed by atoms with E-state index in [-0.39, 0.29) is 40.9 Å². The smallest absolute Gasteiger partial charge is 0.244 e. The molecule has 4 aromatic rings. The van der Waals surface area contributed by atoms with Crippen LogP contribution in [0.1, 0.15) is 12.0 Å². The summed E-state index contributed by atoms with van der Waals surface area (Å²) in [5, 5.41) is 13.8. The summed E-state index contributed by atoms with van der Waals surface area (Å²) in [5.74, 6) is -0.717. The van der Waals surface area contributed by atoms with Crippen molar-refractivity contribution >= 4 is 28.5 Å². The van der Waals surface area contributed by atoms with Crippen LogP contribution in [0.15, 0.2) is 48.5 Å². The van der Waals surface area contributed by atoms with Gasteiger partial charge < -0.3 is 4.90 Å². The molecule has 0 spiro atoms. The second kappa shape index (κ2) is 8.51. The molecular weight excluding hydrogens is 448 g/mol. The van der Waals surface area contributed by atoms with E-state index in [9.17, 15) is 9.18 Å². The first-order valence-corrected chi connectivity index (χ1v) is 11.0. The van der Waals surface area contributed by atoms with Crippen LogP contribution in [0.4, 0.5) is 8.78 Å². The standard InChI is InChI=1S/C24H20ClF2N5O/c1-14-6-5-9-17(21(14)27)23-19-20(25)22(15-7-3-2-4-8-15)28-29-24(19)32(30-23)13-18(33)31-11-10-16(26)12-31/h2-9,16H,10-13H2,1H3/t16-/m1/s1. The van der Waals surface area contributed by atoms with Crippen molar-refractivity contribution in [3.8, 4) is 22.5 Å². The fraction of sp³-hybridized carbons (Fsp3) is 0.250. The number of nitrogens with zero attached hydrogens (tertiary/aromatic N) is 5. The highest BCUT2D eigenvalue weighted by atomic mass is 35.5. The highest BCUT2D eigenvalue weighted by Crippen LogP contribution is 2.38. The van der Waals surface area contributed by atoms with Crippen molar-refractivity contribution in [1.82, 2.24) is 24.9 Å². The lowest BCUT2D eigenvalue weighted by molar-refractivity contribution is -0.131. The molecule has 0 unspecified atom stereocenters. The van der Waals surface area contributed by atoms with Crippen LogP contribution in [0.3, 0.4) is 0 Å². The molecule has 1 atom stereocenters. The van der Waals surface area contributed by atoms with Crippen molar-refractivity contribution in [2.45, 2.75) is 26.1 Å². The number of amides is 1. The van der Waals surface area contributed by atoms with Gasteiger partial charge in [0.2, 0.25) is 5.91 Å². The maximum absolute atomic E-state index is 15.1. The van der Waals surface area contributed by atoms with E-state index < -0.39 is 12.0 Å². The number of rotatable bonds is 4. The van der Waals surface area contributed by atoms with E-state index in [0.29, 0.717) is 29.6 Å². The third-order valence-corrected chi connectivity index (χ3v) is 6.23. The third kappa shape index (κ3) is 3.84. The van der Waals surface area contributed by atoms with Crippen LogP contribution in [0, 0.1) is 12.7 Å². The lowest BCUT2D eigenvalue weighted by atomic mass is 10.0. The molecule has 0 saturated carbocycles. The molecule has 6 nitrogen and oxygen atoms in total. The zero-order valence-corrected chi connectivity index (χ0v) is 18.6. The van der Waals surface area contributed by atoms with Crippen LogP contribution in [0.2, 0.25) is 5.02 Å². The van der Waals surface area contributed by atoms with Gasteiger partial charge in [-0.2, -0.15) is 5.10 Å². The molecule has 2 aromatic carbocycles. The minimum Gasteiger partial charge on any atom is -0.338 e. The van der Waals surface area contributed by atoms with Gasteiger partial charge in [-0.05, 0) is 25.0 Å². The van der Waals surface area contributed by atoms with E-state index in [1.807, 2.05) is 30.3 Å². The summed E-state index contributed by atoms with van der Waals surface area (Å²) in [4.78, 5) is 14.2. The Labute approximate surface area is 193 Å². The Kier molecular flexibility index (Phi) is 5.54. The second-order valence-corrected chi connectivity index (χ2v) is 8.47. The molecule has 0 bridgehead atoms. The first kappa shape index (κ1) is 21.5. The van der Waals surface area contributed by atoms with Crippen molar-refractivity contribution in [1.29, 1.82) is 0 Å². The number of alkyl halides is 1. The molecule has 168 valence electrons. The van der Waals surface area contributed by atoms with Gasteiger partial charge >= 0.3 is 0 Å². The summed E-state index contributed by atoms with van der Waals surface area (Å²) in [5.41, 5.74) is 2.44. The molecule has 1 aliphatic heterocycles. The van der Waals surface area contributed by atoms with Crippen LogP contribution in [0.25, 0.3) is 33.5 Å². The van der Waals surface area contributed by atoms with E-state index in [4.69, 9.17) is 11.6 Å². The van der Waals surface area contributed by atoms with Gasteiger partial charge in [-0.3, -0.25) is 4.79 Å². The Morgan fingerprint density at radius 2 is 1.91 bits per heavy atom. The normalized spacial score (nSPS) is 16.0. The number of likely N-dealkylation sites (tertiary alicyclic amines) is 1. The maximum atomic E-state index is 15.1. The van der Waals surface area contributed by atoms with Gasteiger partial charge in [-0.1, -0.05) is 54.1 Å². The zero-order chi connectivity index (χ0) is 23.1. The molecular formula is C24H20ClF2N5O. The molecule has 0 radical (unpaired) electrons. The summed E-state index contributed by atoms with van der Waals surface area (Å²) < 4.78 is 30.0. The Balaban J connectivity index is 1.68. The van der Waals surface area contributed by atoms with Crippen molar-refractivity contribution in [3.05, 3.63) is 64.9 Å². The number of aryl methyl sites for hydroxylation is 1. The maximum Gasteiger partial charge on any atom is 0.244 e. The fourth-order valence-electron chi connectivity index (χ4n) is 4.10. The van der Waals surface area contributed by atoms with Gasteiger partial charge in [0.1, 0.15) is 29.9 Å². The molecule has 33 heavy (non-hydrogen) atoms. The van der Waals surface area contributed by atoms with Crippen LogP contribution in [-0.2, 0) is 11.3 Å². The molecule has 1 fully saturated rings. The van der Waals surface area contributed by atoms with Gasteiger partial charge in [0.25, 0.3) is 0 Å². The Morgan fingerprint density at radius 1 is 1.12 bits per heavy atom. The molecule has 1 amide bonds. The second-order valence-electron chi connectivity index (χ2n) is 8.10. The Bertz CT molecular complexity index is 1360. The number of carbonyl (C=O) groups excluding carboxylic acids is 1. The summed E-state index contributed by atoms with van der Waals surface area (Å²) in [6.45, 7) is 1.90. The molecule has 1 aliphatic rings. The van der Waals surface area contributed by atoms with Gasteiger partial charge in [0, 0.05) is 17.7 Å². The van der Waals surface area contributed by atoms with Crippen LogP contribution >= 0.6 is 11.6 Å². The number of halogens is 3. The molecule has 9 heteroatoms. The molecule has 1 saturated heterocycles. The van der Waals surface area contributed by atoms with E-state index in [2.05, 4.69) is 15.3 Å². The first-order valence-electron chi connectivity index (χ1n) is 10.6. The van der Waals surface area contributed by atoms with E-state index in [1.165, 1.54) is 9.58 Å². The van der Waals surface area contributed by atoms with Crippen molar-refractivity contribution in [3.63, 3.8) is 0 Å². The summed E-state index contributed by atoms with van der Waals surface area (Å²) in [6.07, 6.45) is -0.708. The van der Waals surface area contributed by atoms with Crippen LogP contribution < -0.4 is 0 Å². The van der Waals surface area contributed by atoms with E-state index >= 15 is 4.39 Å². The van der Waals surface area contributed by atoms with Gasteiger partial charge in [-0.15, -0.1) is 10.2 Å². The van der Waals surface area contributed by atoms with Crippen molar-refractivity contribution < 1.29 is 13.6 Å². The third-order valence-electron chi connectivity index (χ3n) is 5.86. The average Bonchev–Trinajstić information content (AvgIpc) is 3.41. The summed E-state index contributed by atoms with van der Waals surface area (Å²) >= 11 is 6.80. The quantitative estimate of drug-likeness (QED) is 0.431. The molecule has 0 aliphatic carbocycles. The number of carbonyl (C=O) groups is 1. The molecule has 3 heterocycles. The number of hydrogen-bond donors (Lipinski definition) is 0. The minimum atomic E-state index is -1.03. The summed E-state index contributed by atoms with van der Waals surface area (Å²) in [7, 11) is 0. The van der Waals surface area contributed by atoms with E-state index in [1.54, 1.807) is 25.1 Å². The molecule has 0 N–H and O–H groups in total. The minimum absolute atomic E-state index is 0.0575. The topological polar surface area (TPSA) is 63.9 Å². The van der Waals surface area contributed by atoms with Gasteiger partial charge in [0.15, 0.2) is 5.65 Å². The number of aromatic nitrogens is 4. The highest BCUT2D eigenvalue weighted by molar-refractivity contribution is 6.38. The number of fused-ring (bicyclic) bond motifs is 1. The average molecular weight is 468 g/mol. The zero-order valence-electron chi connectivity index (χ0n) is 17.8. The number of hydrogen-bond acceptors (Lipinski definition) is 4. The largest absolute Gasteiger partial charge is 0.338 e. The lowest BCUT2D eigenvalue weighted by Crippen LogP contribution is -2.32. The SMILES string of the molecule is Cc1cccc(-c2nn(CC(=O)N3CC[C@@H](F)C3)c3nnc(-c4ccccc4)c(Cl)c23)c1F. The van der Waals surface area contributed by atoms with E-state index in [0.717, 1.165) is 5.56 Å².